The predicted octanol–water partition coefficient (Wildman–Crippen LogP) is 4.32. The Hall–Kier alpha value is -0.410. The van der Waals surface area contributed by atoms with Crippen LogP contribution in [0.25, 0.3) is 0 Å². The monoisotopic (exact) mass is 314 g/mol. The zero-order chi connectivity index (χ0) is 13.1. The first-order valence-electron chi connectivity index (χ1n) is 6.68. The first kappa shape index (κ1) is 14.0. The Morgan fingerprint density at radius 2 is 2.22 bits per heavy atom. The molecule has 1 aliphatic carbocycles. The van der Waals surface area contributed by atoms with E-state index in [9.17, 15) is 9.50 Å². The summed E-state index contributed by atoms with van der Waals surface area (Å²) in [5.74, 6) is 0.868. The van der Waals surface area contributed by atoms with Gasteiger partial charge in [0.2, 0.25) is 0 Å². The molecule has 1 fully saturated rings. The Balaban J connectivity index is 1.99. The lowest BCUT2D eigenvalue weighted by Crippen LogP contribution is -2.27. The van der Waals surface area contributed by atoms with Crippen LogP contribution in [0.1, 0.15) is 38.2 Å². The van der Waals surface area contributed by atoms with Gasteiger partial charge in [-0.05, 0) is 48.8 Å². The summed E-state index contributed by atoms with van der Waals surface area (Å²) in [6.07, 6.45) is 5.02. The second kappa shape index (κ2) is 6.16. The van der Waals surface area contributed by atoms with Gasteiger partial charge in [-0.2, -0.15) is 0 Å². The van der Waals surface area contributed by atoms with Gasteiger partial charge in [0, 0.05) is 4.47 Å². The van der Waals surface area contributed by atoms with Gasteiger partial charge in [-0.3, -0.25) is 0 Å². The van der Waals surface area contributed by atoms with Gasteiger partial charge >= 0.3 is 0 Å². The van der Waals surface area contributed by atoms with E-state index in [2.05, 4.69) is 22.9 Å². The van der Waals surface area contributed by atoms with Crippen LogP contribution in [-0.2, 0) is 6.42 Å². The lowest BCUT2D eigenvalue weighted by Gasteiger charge is -2.30. The average molecular weight is 315 g/mol. The highest BCUT2D eigenvalue weighted by molar-refractivity contribution is 9.10. The minimum atomic E-state index is -0.311. The third-order valence-corrected chi connectivity index (χ3v) is 4.70. The van der Waals surface area contributed by atoms with E-state index in [1.807, 2.05) is 0 Å². The molecule has 18 heavy (non-hydrogen) atoms. The average Bonchev–Trinajstić information content (AvgIpc) is 2.32. The van der Waals surface area contributed by atoms with Gasteiger partial charge in [0.25, 0.3) is 0 Å². The third kappa shape index (κ3) is 3.55. The van der Waals surface area contributed by atoms with Gasteiger partial charge in [-0.1, -0.05) is 41.8 Å². The van der Waals surface area contributed by atoms with Crippen LogP contribution in [0, 0.1) is 17.7 Å². The van der Waals surface area contributed by atoms with E-state index >= 15 is 0 Å². The Morgan fingerprint density at radius 3 is 2.89 bits per heavy atom. The van der Waals surface area contributed by atoms with Crippen LogP contribution in [0.4, 0.5) is 4.39 Å². The van der Waals surface area contributed by atoms with Crippen LogP contribution in [0.5, 0.6) is 0 Å². The standard InChI is InChI=1S/C15H20BrFO/c1-10-3-2-4-12(7-10)15(18)8-11-5-6-13(17)9-14(11)16/h5-6,9-10,12,15,18H,2-4,7-8H2,1H3. The molecule has 3 unspecified atom stereocenters. The zero-order valence-corrected chi connectivity index (χ0v) is 12.3. The van der Waals surface area contributed by atoms with Crippen LogP contribution >= 0.6 is 15.9 Å². The maximum atomic E-state index is 13.0. The molecule has 1 aromatic rings. The van der Waals surface area contributed by atoms with Gasteiger partial charge in [-0.25, -0.2) is 4.39 Å². The van der Waals surface area contributed by atoms with Crippen molar-refractivity contribution in [1.82, 2.24) is 0 Å². The molecule has 0 saturated heterocycles. The fourth-order valence-electron chi connectivity index (χ4n) is 2.91. The van der Waals surface area contributed by atoms with Crippen molar-refractivity contribution in [2.75, 3.05) is 0 Å². The van der Waals surface area contributed by atoms with Crippen molar-refractivity contribution in [1.29, 1.82) is 0 Å². The van der Waals surface area contributed by atoms with Crippen LogP contribution in [0.2, 0.25) is 0 Å². The van der Waals surface area contributed by atoms with Gasteiger partial charge in [0.1, 0.15) is 5.82 Å². The summed E-state index contributed by atoms with van der Waals surface area (Å²) in [6, 6.07) is 4.68. The summed E-state index contributed by atoms with van der Waals surface area (Å²) in [7, 11) is 0. The summed E-state index contributed by atoms with van der Waals surface area (Å²) in [5.41, 5.74) is 0.988. The number of halogens is 2. The molecule has 0 heterocycles. The minimum absolute atomic E-state index is 0.244. The fourth-order valence-corrected chi connectivity index (χ4v) is 3.42. The molecule has 2 rings (SSSR count). The van der Waals surface area contributed by atoms with Crippen molar-refractivity contribution in [3.8, 4) is 0 Å². The molecule has 0 spiro atoms. The van der Waals surface area contributed by atoms with E-state index in [1.165, 1.54) is 25.0 Å². The summed E-state index contributed by atoms with van der Waals surface area (Å²) in [4.78, 5) is 0. The molecule has 1 nitrogen and oxygen atoms in total. The Bertz CT molecular complexity index is 407. The number of hydrogen-bond donors (Lipinski definition) is 1. The Labute approximate surface area is 117 Å². The van der Waals surface area contributed by atoms with Gasteiger partial charge in [0.05, 0.1) is 6.10 Å². The molecule has 1 aromatic carbocycles. The van der Waals surface area contributed by atoms with Crippen molar-refractivity contribution in [2.45, 2.75) is 45.1 Å². The topological polar surface area (TPSA) is 20.2 Å². The van der Waals surface area contributed by atoms with Crippen LogP contribution in [0.3, 0.4) is 0 Å². The van der Waals surface area contributed by atoms with E-state index in [0.29, 0.717) is 12.3 Å². The molecule has 100 valence electrons. The lowest BCUT2D eigenvalue weighted by molar-refractivity contribution is 0.0719. The second-order valence-corrected chi connectivity index (χ2v) is 6.39. The van der Waals surface area contributed by atoms with E-state index in [4.69, 9.17) is 0 Å². The molecule has 0 aliphatic heterocycles. The van der Waals surface area contributed by atoms with E-state index < -0.39 is 0 Å². The summed E-state index contributed by atoms with van der Waals surface area (Å²) >= 11 is 3.36. The largest absolute Gasteiger partial charge is 0.392 e. The first-order chi connectivity index (χ1) is 8.56. The normalized spacial score (nSPS) is 26.0. The number of aliphatic hydroxyl groups is 1. The van der Waals surface area contributed by atoms with Crippen LogP contribution < -0.4 is 0 Å². The van der Waals surface area contributed by atoms with Crippen molar-refractivity contribution in [3.05, 3.63) is 34.1 Å². The van der Waals surface area contributed by atoms with E-state index in [-0.39, 0.29) is 11.9 Å². The molecule has 1 N–H and O–H groups in total. The van der Waals surface area contributed by atoms with E-state index in [0.717, 1.165) is 28.8 Å². The molecule has 1 aliphatic rings. The maximum Gasteiger partial charge on any atom is 0.124 e. The van der Waals surface area contributed by atoms with E-state index in [1.54, 1.807) is 6.07 Å². The number of benzene rings is 1. The van der Waals surface area contributed by atoms with Gasteiger partial charge in [0.15, 0.2) is 0 Å². The highest BCUT2D eigenvalue weighted by Crippen LogP contribution is 2.32. The summed E-state index contributed by atoms with van der Waals surface area (Å²) in [6.45, 7) is 2.26. The van der Waals surface area contributed by atoms with Gasteiger partial charge in [-0.15, -0.1) is 0 Å². The molecular weight excluding hydrogens is 295 g/mol. The lowest BCUT2D eigenvalue weighted by atomic mass is 9.78. The molecular formula is C15H20BrFO. The van der Waals surface area contributed by atoms with Crippen molar-refractivity contribution >= 4 is 15.9 Å². The zero-order valence-electron chi connectivity index (χ0n) is 10.7. The molecule has 1 saturated carbocycles. The third-order valence-electron chi connectivity index (χ3n) is 3.97. The predicted molar refractivity (Wildman–Crippen MR) is 74.9 cm³/mol. The number of hydrogen-bond acceptors (Lipinski definition) is 1. The molecule has 0 bridgehead atoms. The van der Waals surface area contributed by atoms with Crippen molar-refractivity contribution < 1.29 is 9.50 Å². The highest BCUT2D eigenvalue weighted by Gasteiger charge is 2.25. The number of rotatable bonds is 3. The maximum absolute atomic E-state index is 13.0. The highest BCUT2D eigenvalue weighted by atomic mass is 79.9. The van der Waals surface area contributed by atoms with Crippen molar-refractivity contribution in [3.63, 3.8) is 0 Å². The second-order valence-electron chi connectivity index (χ2n) is 5.54. The SMILES string of the molecule is CC1CCCC(C(O)Cc2ccc(F)cc2Br)C1. The summed E-state index contributed by atoms with van der Waals surface area (Å²) < 4.78 is 13.8. The minimum Gasteiger partial charge on any atom is -0.392 e. The smallest absolute Gasteiger partial charge is 0.124 e. The molecule has 3 atom stereocenters. The fraction of sp³-hybridized carbons (Fsp3) is 0.600. The quantitative estimate of drug-likeness (QED) is 0.881. The van der Waals surface area contributed by atoms with Crippen LogP contribution in [-0.4, -0.2) is 11.2 Å². The molecule has 3 heteroatoms. The van der Waals surface area contributed by atoms with Gasteiger partial charge < -0.3 is 5.11 Å². The van der Waals surface area contributed by atoms with Crippen LogP contribution in [0.15, 0.2) is 22.7 Å². The van der Waals surface area contributed by atoms with Crippen molar-refractivity contribution in [2.24, 2.45) is 11.8 Å². The Morgan fingerprint density at radius 1 is 1.44 bits per heavy atom. The first-order valence-corrected chi connectivity index (χ1v) is 7.47. The molecule has 0 radical (unpaired) electrons. The molecule has 0 amide bonds. The number of aliphatic hydroxyl groups excluding tert-OH is 1. The Kier molecular flexibility index (Phi) is 4.79. The molecule has 0 aromatic heterocycles. The summed E-state index contributed by atoms with van der Waals surface area (Å²) in [5, 5.41) is 10.3.